The summed E-state index contributed by atoms with van der Waals surface area (Å²) >= 11 is 7.84. The van der Waals surface area contributed by atoms with Crippen molar-refractivity contribution < 1.29 is 19.1 Å². The Balaban J connectivity index is 1.55. The second-order valence-electron chi connectivity index (χ2n) is 6.94. The molecular formula is C23H20ClNO4S. The monoisotopic (exact) mass is 441 g/mol. The maximum atomic E-state index is 12.6. The number of hydrogen-bond donors (Lipinski definition) is 0. The number of carbonyl (C=O) groups is 2. The van der Waals surface area contributed by atoms with E-state index in [9.17, 15) is 9.59 Å². The van der Waals surface area contributed by atoms with Crippen LogP contribution in [0.3, 0.4) is 0 Å². The van der Waals surface area contributed by atoms with Crippen LogP contribution < -0.4 is 4.74 Å². The zero-order valence-electron chi connectivity index (χ0n) is 16.3. The van der Waals surface area contributed by atoms with E-state index in [1.807, 2.05) is 35.2 Å². The third-order valence-corrected chi connectivity index (χ3v) is 6.53. The Kier molecular flexibility index (Phi) is 6.18. The number of benzene rings is 2. The lowest BCUT2D eigenvalue weighted by Crippen LogP contribution is -2.38. The summed E-state index contributed by atoms with van der Waals surface area (Å²) in [5.41, 5.74) is 2.28. The van der Waals surface area contributed by atoms with Crippen LogP contribution in [0.2, 0.25) is 5.02 Å². The summed E-state index contributed by atoms with van der Waals surface area (Å²) < 4.78 is 10.6. The molecule has 1 atom stereocenters. The minimum Gasteiger partial charge on any atom is -0.468 e. The van der Waals surface area contributed by atoms with Crippen LogP contribution in [-0.2, 0) is 22.5 Å². The van der Waals surface area contributed by atoms with Gasteiger partial charge in [0.25, 0.3) is 0 Å². The summed E-state index contributed by atoms with van der Waals surface area (Å²) in [6, 6.07) is 17.5. The minimum atomic E-state index is -0.591. The van der Waals surface area contributed by atoms with E-state index in [1.54, 1.807) is 30.3 Å². The van der Waals surface area contributed by atoms with Gasteiger partial charge in [-0.1, -0.05) is 48.0 Å². The van der Waals surface area contributed by atoms with Crippen molar-refractivity contribution in [2.24, 2.45) is 0 Å². The Morgan fingerprint density at radius 3 is 2.57 bits per heavy atom. The van der Waals surface area contributed by atoms with Crippen LogP contribution in [0.15, 0.2) is 60.7 Å². The van der Waals surface area contributed by atoms with E-state index in [4.69, 9.17) is 21.1 Å². The number of esters is 2. The average Bonchev–Trinajstić information content (AvgIpc) is 3.17. The predicted molar refractivity (Wildman–Crippen MR) is 116 cm³/mol. The molecule has 30 heavy (non-hydrogen) atoms. The van der Waals surface area contributed by atoms with Gasteiger partial charge in [0.15, 0.2) is 5.06 Å². The van der Waals surface area contributed by atoms with Gasteiger partial charge in [-0.15, -0.1) is 11.3 Å². The van der Waals surface area contributed by atoms with E-state index in [1.165, 1.54) is 18.4 Å². The van der Waals surface area contributed by atoms with Crippen molar-refractivity contribution in [2.45, 2.75) is 19.0 Å². The van der Waals surface area contributed by atoms with Crippen molar-refractivity contribution >= 4 is 34.9 Å². The van der Waals surface area contributed by atoms with Crippen molar-refractivity contribution in [1.29, 1.82) is 0 Å². The summed E-state index contributed by atoms with van der Waals surface area (Å²) in [6.07, 6.45) is 0.751. The van der Waals surface area contributed by atoms with Crippen molar-refractivity contribution in [3.05, 3.63) is 87.3 Å². The lowest BCUT2D eigenvalue weighted by molar-refractivity contribution is -0.147. The molecule has 1 aliphatic heterocycles. The molecule has 0 unspecified atom stereocenters. The first kappa shape index (κ1) is 20.6. The molecule has 5 nitrogen and oxygen atoms in total. The Morgan fingerprint density at radius 1 is 1.10 bits per heavy atom. The summed E-state index contributed by atoms with van der Waals surface area (Å²) in [4.78, 5) is 28.1. The maximum absolute atomic E-state index is 12.6. The fraction of sp³-hybridized carbons (Fsp3) is 0.217. The predicted octanol–water partition coefficient (Wildman–Crippen LogP) is 4.89. The molecular weight excluding hydrogens is 422 g/mol. The molecule has 0 bridgehead atoms. The first-order valence-electron chi connectivity index (χ1n) is 9.52. The van der Waals surface area contributed by atoms with Crippen molar-refractivity contribution in [2.75, 3.05) is 13.7 Å². The lowest BCUT2D eigenvalue weighted by Gasteiger charge is -2.33. The number of fused-ring (bicyclic) bond motifs is 1. The molecule has 154 valence electrons. The van der Waals surface area contributed by atoms with Gasteiger partial charge in [-0.3, -0.25) is 4.90 Å². The van der Waals surface area contributed by atoms with E-state index in [0.717, 1.165) is 22.4 Å². The summed E-state index contributed by atoms with van der Waals surface area (Å²) in [5, 5.41) is 1.09. The third kappa shape index (κ3) is 4.26. The second-order valence-corrected chi connectivity index (χ2v) is 8.44. The molecule has 3 aromatic rings. The molecule has 0 saturated carbocycles. The lowest BCUT2D eigenvalue weighted by atomic mass is 10.0. The van der Waals surface area contributed by atoms with Crippen molar-refractivity contribution in [1.82, 2.24) is 4.90 Å². The van der Waals surface area contributed by atoms with Crippen molar-refractivity contribution in [3.8, 4) is 5.06 Å². The fourth-order valence-corrected chi connectivity index (χ4v) is 4.85. The van der Waals surface area contributed by atoms with Gasteiger partial charge < -0.3 is 9.47 Å². The topological polar surface area (TPSA) is 55.8 Å². The van der Waals surface area contributed by atoms with Gasteiger partial charge >= 0.3 is 11.9 Å². The Morgan fingerprint density at radius 2 is 1.83 bits per heavy atom. The van der Waals surface area contributed by atoms with E-state index in [-0.39, 0.29) is 11.9 Å². The Hall–Kier alpha value is -2.67. The molecule has 1 aromatic heterocycles. The quantitative estimate of drug-likeness (QED) is 0.527. The highest BCUT2D eigenvalue weighted by Gasteiger charge is 2.33. The molecule has 0 radical (unpaired) electrons. The smallest absolute Gasteiger partial charge is 0.344 e. The van der Waals surface area contributed by atoms with Gasteiger partial charge in [0.1, 0.15) is 6.04 Å². The van der Waals surface area contributed by atoms with E-state index < -0.39 is 6.04 Å². The zero-order chi connectivity index (χ0) is 21.1. The molecule has 1 aliphatic rings. The second kappa shape index (κ2) is 9.00. The number of methoxy groups -OCH3 is 1. The molecule has 0 amide bonds. The van der Waals surface area contributed by atoms with Crippen LogP contribution in [-0.4, -0.2) is 30.5 Å². The Bertz CT molecular complexity index is 1070. The first-order chi connectivity index (χ1) is 14.6. The molecule has 0 fully saturated rings. The number of rotatable bonds is 5. The zero-order valence-corrected chi connectivity index (χ0v) is 17.9. The molecule has 0 saturated heterocycles. The first-order valence-corrected chi connectivity index (χ1v) is 10.7. The van der Waals surface area contributed by atoms with Crippen LogP contribution in [0, 0.1) is 0 Å². The number of carbonyl (C=O) groups excluding carboxylic acids is 2. The molecule has 0 aliphatic carbocycles. The average molecular weight is 442 g/mol. The fourth-order valence-electron chi connectivity index (χ4n) is 3.60. The van der Waals surface area contributed by atoms with Gasteiger partial charge in [-0.05, 0) is 41.8 Å². The molecule has 0 spiro atoms. The number of halogens is 1. The van der Waals surface area contributed by atoms with E-state index in [2.05, 4.69) is 0 Å². The standard InChI is InChI=1S/C23H20ClNO4S/c1-28-23(27)21(17-9-5-6-10-18(17)24)25-12-11-19-16(14-25)13-20(30-19)29-22(26)15-7-3-2-4-8-15/h2-10,13,21H,11-12,14H2,1H3/t21-/m0/s1. The highest BCUT2D eigenvalue weighted by atomic mass is 35.5. The van der Waals surface area contributed by atoms with Gasteiger partial charge in [0.05, 0.1) is 12.7 Å². The van der Waals surface area contributed by atoms with Crippen LogP contribution in [0.25, 0.3) is 0 Å². The van der Waals surface area contributed by atoms with E-state index in [0.29, 0.717) is 28.7 Å². The van der Waals surface area contributed by atoms with Crippen molar-refractivity contribution in [3.63, 3.8) is 0 Å². The van der Waals surface area contributed by atoms with Crippen LogP contribution in [0.5, 0.6) is 5.06 Å². The van der Waals surface area contributed by atoms with Gasteiger partial charge in [0, 0.05) is 23.0 Å². The molecule has 4 rings (SSSR count). The largest absolute Gasteiger partial charge is 0.468 e. The molecule has 0 N–H and O–H groups in total. The van der Waals surface area contributed by atoms with Gasteiger partial charge in [-0.25, -0.2) is 9.59 Å². The highest BCUT2D eigenvalue weighted by Crippen LogP contribution is 2.38. The summed E-state index contributed by atoms with van der Waals surface area (Å²) in [6.45, 7) is 1.21. The third-order valence-electron chi connectivity index (χ3n) is 5.07. The van der Waals surface area contributed by atoms with Crippen LogP contribution >= 0.6 is 22.9 Å². The van der Waals surface area contributed by atoms with Crippen LogP contribution in [0.4, 0.5) is 0 Å². The highest BCUT2D eigenvalue weighted by molar-refractivity contribution is 7.14. The summed E-state index contributed by atoms with van der Waals surface area (Å²) in [5.74, 6) is -0.730. The number of hydrogen-bond acceptors (Lipinski definition) is 6. The van der Waals surface area contributed by atoms with E-state index >= 15 is 0 Å². The molecule has 2 heterocycles. The molecule has 2 aromatic carbocycles. The van der Waals surface area contributed by atoms with Gasteiger partial charge in [0.2, 0.25) is 0 Å². The normalized spacial score (nSPS) is 14.6. The number of ether oxygens (including phenoxy) is 2. The SMILES string of the molecule is COC(=O)[C@H](c1ccccc1Cl)N1CCc2sc(OC(=O)c3ccccc3)cc2C1. The summed E-state index contributed by atoms with van der Waals surface area (Å²) in [7, 11) is 1.38. The van der Waals surface area contributed by atoms with Gasteiger partial charge in [-0.2, -0.15) is 0 Å². The van der Waals surface area contributed by atoms with Crippen LogP contribution in [0.1, 0.15) is 32.4 Å². The molecule has 7 heteroatoms. The Labute approximate surface area is 183 Å². The number of nitrogens with zero attached hydrogens (tertiary/aromatic N) is 1. The maximum Gasteiger partial charge on any atom is 0.344 e. The number of thiophene rings is 1. The minimum absolute atomic E-state index is 0.350.